The molecule has 1 aliphatic rings. The molecule has 0 bridgehead atoms. The maximum absolute atomic E-state index is 12.2. The lowest BCUT2D eigenvalue weighted by atomic mass is 9.81. The highest BCUT2D eigenvalue weighted by atomic mass is 16.2. The number of nitrogens with one attached hydrogen (secondary N) is 1. The normalized spacial score (nSPS) is 21.5. The van der Waals surface area contributed by atoms with Crippen LogP contribution < -0.4 is 10.9 Å². The fourth-order valence-electron chi connectivity index (χ4n) is 3.11. The van der Waals surface area contributed by atoms with Gasteiger partial charge < -0.3 is 5.32 Å². The molecule has 0 atom stereocenters. The number of amides is 1. The molecule has 0 radical (unpaired) electrons. The molecule has 1 fully saturated rings. The van der Waals surface area contributed by atoms with E-state index >= 15 is 0 Å². The minimum absolute atomic E-state index is 0.156. The van der Waals surface area contributed by atoms with E-state index in [0.29, 0.717) is 24.7 Å². The van der Waals surface area contributed by atoms with Crippen LogP contribution >= 0.6 is 0 Å². The van der Waals surface area contributed by atoms with E-state index in [0.717, 1.165) is 12.3 Å². The Hall–Kier alpha value is -1.65. The molecule has 1 aliphatic carbocycles. The number of nitrogens with zero attached hydrogens (tertiary/aromatic N) is 2. The lowest BCUT2D eigenvalue weighted by Gasteiger charge is -2.27. The van der Waals surface area contributed by atoms with Gasteiger partial charge in [-0.1, -0.05) is 33.1 Å². The van der Waals surface area contributed by atoms with E-state index in [2.05, 4.69) is 17.3 Å². The number of hydrogen-bond donors (Lipinski definition) is 1. The van der Waals surface area contributed by atoms with Gasteiger partial charge in [0.25, 0.3) is 11.5 Å². The van der Waals surface area contributed by atoms with Gasteiger partial charge in [0.15, 0.2) is 0 Å². The van der Waals surface area contributed by atoms with E-state index in [9.17, 15) is 9.59 Å². The summed E-state index contributed by atoms with van der Waals surface area (Å²) in [5.74, 6) is 1.27. The number of carbonyl (C=O) groups is 1. The quantitative estimate of drug-likeness (QED) is 0.878. The van der Waals surface area contributed by atoms with E-state index in [-0.39, 0.29) is 11.5 Å². The third-order valence-electron chi connectivity index (χ3n) is 4.63. The van der Waals surface area contributed by atoms with E-state index in [1.165, 1.54) is 48.9 Å². The average Bonchev–Trinajstić information content (AvgIpc) is 2.55. The van der Waals surface area contributed by atoms with Crippen LogP contribution in [0.2, 0.25) is 0 Å². The Labute approximate surface area is 132 Å². The second-order valence-electron chi connectivity index (χ2n) is 6.28. The summed E-state index contributed by atoms with van der Waals surface area (Å²) in [5.41, 5.74) is 0.173. The van der Waals surface area contributed by atoms with Gasteiger partial charge in [-0.05, 0) is 37.2 Å². The third-order valence-corrected chi connectivity index (χ3v) is 4.63. The molecule has 0 aliphatic heterocycles. The molecule has 1 heterocycles. The molecule has 5 nitrogen and oxygen atoms in total. The van der Waals surface area contributed by atoms with Crippen molar-refractivity contribution in [2.75, 3.05) is 6.54 Å². The van der Waals surface area contributed by atoms with Gasteiger partial charge in [-0.3, -0.25) is 9.59 Å². The summed E-state index contributed by atoms with van der Waals surface area (Å²) in [4.78, 5) is 23.8. The molecule has 1 saturated carbocycles. The molecule has 1 N–H and O–H groups in total. The maximum atomic E-state index is 12.2. The van der Waals surface area contributed by atoms with Crippen molar-refractivity contribution in [3.8, 4) is 0 Å². The highest BCUT2D eigenvalue weighted by Crippen LogP contribution is 2.30. The molecule has 1 aromatic rings. The molecule has 5 heteroatoms. The number of aryl methyl sites for hydroxylation is 1. The van der Waals surface area contributed by atoms with E-state index in [1.54, 1.807) is 0 Å². The topological polar surface area (TPSA) is 64.0 Å². The Morgan fingerprint density at radius 3 is 2.55 bits per heavy atom. The number of carbonyl (C=O) groups excluding carboxylic acids is 1. The molecule has 122 valence electrons. The largest absolute Gasteiger partial charge is 0.350 e. The van der Waals surface area contributed by atoms with Crippen LogP contribution in [0.1, 0.15) is 62.9 Å². The minimum atomic E-state index is -0.178. The fraction of sp³-hybridized carbons (Fsp3) is 0.706. The second kappa shape index (κ2) is 8.11. The van der Waals surface area contributed by atoms with E-state index in [1.807, 2.05) is 6.92 Å². The molecule has 0 aromatic carbocycles. The predicted octanol–water partition coefficient (Wildman–Crippen LogP) is 2.60. The molecule has 1 amide bonds. The van der Waals surface area contributed by atoms with E-state index in [4.69, 9.17) is 0 Å². The predicted molar refractivity (Wildman–Crippen MR) is 86.9 cm³/mol. The van der Waals surface area contributed by atoms with Crippen molar-refractivity contribution in [2.45, 2.75) is 58.9 Å². The summed E-state index contributed by atoms with van der Waals surface area (Å²) < 4.78 is 1.36. The van der Waals surface area contributed by atoms with Gasteiger partial charge in [0.05, 0.1) is 0 Å². The van der Waals surface area contributed by atoms with Crippen molar-refractivity contribution < 1.29 is 4.79 Å². The molecule has 0 unspecified atom stereocenters. The summed E-state index contributed by atoms with van der Waals surface area (Å²) in [6.07, 6.45) is 7.02. The first-order chi connectivity index (χ1) is 10.6. The van der Waals surface area contributed by atoms with Crippen LogP contribution in [0.4, 0.5) is 0 Å². The van der Waals surface area contributed by atoms with Gasteiger partial charge in [0.1, 0.15) is 5.69 Å². The average molecular weight is 305 g/mol. The highest BCUT2D eigenvalue weighted by molar-refractivity contribution is 5.91. The zero-order chi connectivity index (χ0) is 15.9. The van der Waals surface area contributed by atoms with Crippen molar-refractivity contribution in [3.63, 3.8) is 0 Å². The van der Waals surface area contributed by atoms with Crippen molar-refractivity contribution in [1.82, 2.24) is 15.1 Å². The van der Waals surface area contributed by atoms with Crippen LogP contribution in [-0.4, -0.2) is 22.2 Å². The van der Waals surface area contributed by atoms with Gasteiger partial charge in [-0.2, -0.15) is 5.10 Å². The molecule has 0 spiro atoms. The fourth-order valence-corrected chi connectivity index (χ4v) is 3.11. The lowest BCUT2D eigenvalue weighted by Crippen LogP contribution is -2.33. The van der Waals surface area contributed by atoms with Gasteiger partial charge >= 0.3 is 0 Å². The lowest BCUT2D eigenvalue weighted by molar-refractivity contribution is 0.0933. The van der Waals surface area contributed by atoms with Gasteiger partial charge in [0.2, 0.25) is 0 Å². The third kappa shape index (κ3) is 4.42. The molecular formula is C17H27N3O2. The zero-order valence-electron chi connectivity index (χ0n) is 13.7. The summed E-state index contributed by atoms with van der Waals surface area (Å²) in [7, 11) is 0. The molecule has 0 saturated heterocycles. The molecule has 22 heavy (non-hydrogen) atoms. The Kier molecular flexibility index (Phi) is 6.16. The SMILES string of the molecule is CCCn1nc(C(=O)NCC2CCC(CC)CC2)ccc1=O. The first-order valence-corrected chi connectivity index (χ1v) is 8.50. The Bertz CT molecular complexity index is 545. The van der Waals surface area contributed by atoms with Crippen LogP contribution in [-0.2, 0) is 6.54 Å². The summed E-state index contributed by atoms with van der Waals surface area (Å²) >= 11 is 0. The van der Waals surface area contributed by atoms with Gasteiger partial charge in [0, 0.05) is 19.2 Å². The first-order valence-electron chi connectivity index (χ1n) is 8.50. The minimum Gasteiger partial charge on any atom is -0.350 e. The van der Waals surface area contributed by atoms with Crippen molar-refractivity contribution in [1.29, 1.82) is 0 Å². The van der Waals surface area contributed by atoms with Crippen LogP contribution in [0.5, 0.6) is 0 Å². The van der Waals surface area contributed by atoms with E-state index < -0.39 is 0 Å². The summed E-state index contributed by atoms with van der Waals surface area (Å²) in [5, 5.41) is 7.12. The standard InChI is InChI=1S/C17H27N3O2/c1-3-11-20-16(21)10-9-15(19-20)17(22)18-12-14-7-5-13(4-2)6-8-14/h9-10,13-14H,3-8,11-12H2,1-2H3,(H,18,22). The summed E-state index contributed by atoms with van der Waals surface area (Å²) in [6.45, 7) is 5.49. The molecular weight excluding hydrogens is 278 g/mol. The Morgan fingerprint density at radius 1 is 1.23 bits per heavy atom. The second-order valence-corrected chi connectivity index (χ2v) is 6.28. The van der Waals surface area contributed by atoms with Crippen molar-refractivity contribution >= 4 is 5.91 Å². The first kappa shape index (κ1) is 16.7. The van der Waals surface area contributed by atoms with Crippen LogP contribution in [0, 0.1) is 11.8 Å². The summed E-state index contributed by atoms with van der Waals surface area (Å²) in [6, 6.07) is 2.93. The smallest absolute Gasteiger partial charge is 0.271 e. The van der Waals surface area contributed by atoms with Crippen LogP contribution in [0.25, 0.3) is 0 Å². The Balaban J connectivity index is 1.87. The van der Waals surface area contributed by atoms with Gasteiger partial charge in [-0.15, -0.1) is 0 Å². The Morgan fingerprint density at radius 2 is 1.91 bits per heavy atom. The number of rotatable bonds is 6. The van der Waals surface area contributed by atoms with Gasteiger partial charge in [-0.25, -0.2) is 4.68 Å². The monoisotopic (exact) mass is 305 g/mol. The van der Waals surface area contributed by atoms with Crippen LogP contribution in [0.3, 0.4) is 0 Å². The van der Waals surface area contributed by atoms with Crippen molar-refractivity contribution in [3.05, 3.63) is 28.2 Å². The zero-order valence-corrected chi connectivity index (χ0v) is 13.7. The molecule has 1 aromatic heterocycles. The maximum Gasteiger partial charge on any atom is 0.271 e. The van der Waals surface area contributed by atoms with Crippen LogP contribution in [0.15, 0.2) is 16.9 Å². The molecule has 2 rings (SSSR count). The number of aromatic nitrogens is 2. The van der Waals surface area contributed by atoms with Crippen molar-refractivity contribution in [2.24, 2.45) is 11.8 Å². The highest BCUT2D eigenvalue weighted by Gasteiger charge is 2.20. The number of hydrogen-bond acceptors (Lipinski definition) is 3.